The molecule has 0 N–H and O–H groups in total. The van der Waals surface area contributed by atoms with E-state index in [1.165, 1.54) is 56.7 Å². The van der Waals surface area contributed by atoms with Crippen LogP contribution < -0.4 is 0 Å². The van der Waals surface area contributed by atoms with Crippen LogP contribution in [0.25, 0.3) is 5.69 Å². The van der Waals surface area contributed by atoms with Gasteiger partial charge in [-0.3, -0.25) is 4.79 Å². The van der Waals surface area contributed by atoms with Crippen LogP contribution in [0, 0.1) is 0 Å². The first-order chi connectivity index (χ1) is 13.8. The number of carbonyl (C=O) groups is 1. The van der Waals surface area contributed by atoms with E-state index < -0.39 is 0 Å². The van der Waals surface area contributed by atoms with Crippen LogP contribution in [0.4, 0.5) is 0 Å². The van der Waals surface area contributed by atoms with Gasteiger partial charge in [0.15, 0.2) is 0 Å². The van der Waals surface area contributed by atoms with Crippen molar-refractivity contribution >= 4 is 17.7 Å². The molecule has 1 aromatic carbocycles. The summed E-state index contributed by atoms with van der Waals surface area (Å²) >= 11 is 1.49. The van der Waals surface area contributed by atoms with Crippen molar-refractivity contribution in [3.05, 3.63) is 36.2 Å². The van der Waals surface area contributed by atoms with Gasteiger partial charge in [0, 0.05) is 19.0 Å². The average molecular weight is 399 g/mol. The first-order valence-electron chi connectivity index (χ1n) is 10.7. The van der Waals surface area contributed by atoms with Crippen LogP contribution in [0.5, 0.6) is 0 Å². The first kappa shape index (κ1) is 19.5. The number of carbonyl (C=O) groups excluding carboxylic acids is 1. The Morgan fingerprint density at radius 1 is 0.964 bits per heavy atom. The minimum absolute atomic E-state index is 0.224. The molecule has 0 spiro atoms. The van der Waals surface area contributed by atoms with Gasteiger partial charge in [-0.2, -0.15) is 0 Å². The molecule has 0 bridgehead atoms. The van der Waals surface area contributed by atoms with Crippen molar-refractivity contribution in [2.24, 2.45) is 0 Å². The van der Waals surface area contributed by atoms with Gasteiger partial charge in [0.1, 0.15) is 5.82 Å². The van der Waals surface area contributed by atoms with Crippen molar-refractivity contribution < 1.29 is 4.79 Å². The lowest BCUT2D eigenvalue weighted by Gasteiger charge is -2.21. The maximum Gasteiger partial charge on any atom is 0.233 e. The molecule has 1 saturated heterocycles. The molecule has 0 radical (unpaired) electrons. The topological polar surface area (TPSA) is 51.0 Å². The fourth-order valence-electron chi connectivity index (χ4n) is 4.29. The highest BCUT2D eigenvalue weighted by atomic mass is 32.2. The number of likely N-dealkylation sites (tertiary alicyclic amines) is 1. The maximum atomic E-state index is 12.6. The summed E-state index contributed by atoms with van der Waals surface area (Å²) in [6.45, 7) is 1.80. The Morgan fingerprint density at radius 2 is 1.64 bits per heavy atom. The van der Waals surface area contributed by atoms with E-state index in [0.29, 0.717) is 11.7 Å². The molecule has 1 aliphatic heterocycles. The number of thioether (sulfide) groups is 1. The van der Waals surface area contributed by atoms with Gasteiger partial charge < -0.3 is 4.90 Å². The van der Waals surface area contributed by atoms with Gasteiger partial charge in [-0.1, -0.05) is 62.1 Å². The number of hydrogen-bond donors (Lipinski definition) is 0. The van der Waals surface area contributed by atoms with Crippen LogP contribution in [0.1, 0.15) is 69.5 Å². The van der Waals surface area contributed by atoms with Gasteiger partial charge in [0.25, 0.3) is 0 Å². The normalized spacial score (nSPS) is 18.8. The van der Waals surface area contributed by atoms with Gasteiger partial charge in [-0.05, 0) is 37.8 Å². The van der Waals surface area contributed by atoms with E-state index in [0.717, 1.165) is 42.6 Å². The molecule has 28 heavy (non-hydrogen) atoms. The highest BCUT2D eigenvalue weighted by Gasteiger charge is 2.24. The van der Waals surface area contributed by atoms with Crippen LogP contribution in [-0.4, -0.2) is 44.4 Å². The molecule has 2 aromatic rings. The molecular weight excluding hydrogens is 368 g/mol. The molecule has 0 unspecified atom stereocenters. The van der Waals surface area contributed by atoms with E-state index in [1.807, 2.05) is 27.8 Å². The van der Waals surface area contributed by atoms with Gasteiger partial charge in [-0.15, -0.1) is 5.10 Å². The number of amides is 1. The van der Waals surface area contributed by atoms with E-state index >= 15 is 0 Å². The van der Waals surface area contributed by atoms with Crippen LogP contribution in [0.3, 0.4) is 0 Å². The third kappa shape index (κ3) is 4.77. The number of hydrogen-bond acceptors (Lipinski definition) is 4. The summed E-state index contributed by atoms with van der Waals surface area (Å²) in [5.41, 5.74) is 1.06. The van der Waals surface area contributed by atoms with Crippen molar-refractivity contribution in [1.82, 2.24) is 19.7 Å². The molecule has 6 heteroatoms. The predicted octanol–water partition coefficient (Wildman–Crippen LogP) is 4.81. The summed E-state index contributed by atoms with van der Waals surface area (Å²) in [7, 11) is 0. The van der Waals surface area contributed by atoms with Crippen molar-refractivity contribution in [2.45, 2.75) is 68.9 Å². The third-order valence-corrected chi connectivity index (χ3v) is 6.69. The van der Waals surface area contributed by atoms with Crippen LogP contribution in [0.15, 0.2) is 35.5 Å². The SMILES string of the molecule is O=C(CSc1nc(C2CCCCC2)n(-c2ccccc2)n1)N1CCCCCC1. The molecule has 0 atom stereocenters. The highest BCUT2D eigenvalue weighted by molar-refractivity contribution is 7.99. The predicted molar refractivity (Wildman–Crippen MR) is 113 cm³/mol. The second-order valence-electron chi connectivity index (χ2n) is 7.92. The molecule has 2 aliphatic rings. The fraction of sp³-hybridized carbons (Fsp3) is 0.591. The number of rotatable bonds is 5. The summed E-state index contributed by atoms with van der Waals surface area (Å²) in [6, 6.07) is 10.3. The summed E-state index contributed by atoms with van der Waals surface area (Å²) in [5.74, 6) is 2.19. The zero-order valence-corrected chi connectivity index (χ0v) is 17.4. The summed E-state index contributed by atoms with van der Waals surface area (Å²) in [5, 5.41) is 5.52. The fourth-order valence-corrected chi connectivity index (χ4v) is 5.02. The van der Waals surface area contributed by atoms with Crippen LogP contribution >= 0.6 is 11.8 Å². The lowest BCUT2D eigenvalue weighted by atomic mass is 9.88. The Bertz CT molecular complexity index is 762. The molecule has 2 heterocycles. The van der Waals surface area contributed by atoms with Crippen molar-refractivity contribution in [3.8, 4) is 5.69 Å². The zero-order valence-electron chi connectivity index (χ0n) is 16.6. The summed E-state index contributed by atoms with van der Waals surface area (Å²) < 4.78 is 2.01. The zero-order chi connectivity index (χ0) is 19.2. The molecule has 4 rings (SSSR count). The smallest absolute Gasteiger partial charge is 0.233 e. The van der Waals surface area contributed by atoms with E-state index in [9.17, 15) is 4.79 Å². The molecular formula is C22H30N4OS. The lowest BCUT2D eigenvalue weighted by molar-refractivity contribution is -0.128. The van der Waals surface area contributed by atoms with Crippen molar-refractivity contribution in [3.63, 3.8) is 0 Å². The minimum Gasteiger partial charge on any atom is -0.342 e. The van der Waals surface area contributed by atoms with Gasteiger partial charge in [0.05, 0.1) is 11.4 Å². The van der Waals surface area contributed by atoms with Crippen molar-refractivity contribution in [1.29, 1.82) is 0 Å². The summed E-state index contributed by atoms with van der Waals surface area (Å²) in [6.07, 6.45) is 11.0. The largest absolute Gasteiger partial charge is 0.342 e. The molecule has 1 amide bonds. The van der Waals surface area contributed by atoms with E-state index in [4.69, 9.17) is 10.1 Å². The molecule has 1 saturated carbocycles. The number of benzene rings is 1. The molecule has 150 valence electrons. The van der Waals surface area contributed by atoms with E-state index in [-0.39, 0.29) is 5.91 Å². The average Bonchev–Trinajstić information content (AvgIpc) is 2.99. The number of para-hydroxylation sites is 1. The second-order valence-corrected chi connectivity index (χ2v) is 8.86. The second kappa shape index (κ2) is 9.59. The molecule has 5 nitrogen and oxygen atoms in total. The number of aromatic nitrogens is 3. The lowest BCUT2D eigenvalue weighted by Crippen LogP contribution is -2.33. The minimum atomic E-state index is 0.224. The Labute approximate surface area is 171 Å². The molecule has 2 fully saturated rings. The Morgan fingerprint density at radius 3 is 2.36 bits per heavy atom. The first-order valence-corrected chi connectivity index (χ1v) is 11.7. The van der Waals surface area contributed by atoms with E-state index in [1.54, 1.807) is 0 Å². The van der Waals surface area contributed by atoms with Crippen LogP contribution in [-0.2, 0) is 4.79 Å². The Kier molecular flexibility index (Phi) is 6.68. The van der Waals surface area contributed by atoms with Gasteiger partial charge in [-0.25, -0.2) is 9.67 Å². The Hall–Kier alpha value is -1.82. The van der Waals surface area contributed by atoms with Gasteiger partial charge >= 0.3 is 0 Å². The third-order valence-electron chi connectivity index (χ3n) is 5.87. The maximum absolute atomic E-state index is 12.6. The standard InChI is InChI=1S/C22H30N4OS/c27-20(25-15-9-1-2-10-16-25)17-28-22-23-21(18-11-5-3-6-12-18)26(24-22)19-13-7-4-8-14-19/h4,7-8,13-14,18H,1-3,5-6,9-12,15-17H2. The molecule has 1 aromatic heterocycles. The molecule has 1 aliphatic carbocycles. The van der Waals surface area contributed by atoms with Gasteiger partial charge in [0.2, 0.25) is 11.1 Å². The number of nitrogens with zero attached hydrogens (tertiary/aromatic N) is 4. The quantitative estimate of drug-likeness (QED) is 0.678. The monoisotopic (exact) mass is 398 g/mol. The van der Waals surface area contributed by atoms with Crippen molar-refractivity contribution in [2.75, 3.05) is 18.8 Å². The Balaban J connectivity index is 1.49. The van der Waals surface area contributed by atoms with E-state index in [2.05, 4.69) is 12.1 Å². The van der Waals surface area contributed by atoms with Crippen LogP contribution in [0.2, 0.25) is 0 Å². The summed E-state index contributed by atoms with van der Waals surface area (Å²) in [4.78, 5) is 19.5. The highest BCUT2D eigenvalue weighted by Crippen LogP contribution is 2.33.